The van der Waals surface area contributed by atoms with Gasteiger partial charge in [-0.25, -0.2) is 0 Å². The highest BCUT2D eigenvalue weighted by Gasteiger charge is 2.27. The summed E-state index contributed by atoms with van der Waals surface area (Å²) in [6.45, 7) is 3.80. The molecule has 0 saturated heterocycles. The average Bonchev–Trinajstić information content (AvgIpc) is 2.59. The highest BCUT2D eigenvalue weighted by molar-refractivity contribution is 6.30. The number of ketones is 1. The van der Waals surface area contributed by atoms with E-state index in [1.54, 1.807) is 38.1 Å². The van der Waals surface area contributed by atoms with E-state index in [0.717, 1.165) is 5.56 Å². The van der Waals surface area contributed by atoms with Gasteiger partial charge in [-0.2, -0.15) is 0 Å². The van der Waals surface area contributed by atoms with E-state index >= 15 is 0 Å². The SMILES string of the molecule is C[C@H](OCc1ccccc1)C(=O)[C@@H](C)[C@@H](O)c1ccc(Cl)cc1. The minimum atomic E-state index is -0.873. The van der Waals surface area contributed by atoms with E-state index in [-0.39, 0.29) is 5.78 Å². The van der Waals surface area contributed by atoms with Crippen LogP contribution < -0.4 is 0 Å². The number of hydrogen-bond donors (Lipinski definition) is 1. The predicted octanol–water partition coefficient (Wildman–Crippen LogP) is 4.18. The number of aliphatic hydroxyl groups excluding tert-OH is 1. The Kier molecular flexibility index (Phi) is 6.34. The molecule has 3 nitrogen and oxygen atoms in total. The second-order valence-corrected chi connectivity index (χ2v) is 6.06. The average molecular weight is 333 g/mol. The van der Waals surface area contributed by atoms with Crippen molar-refractivity contribution < 1.29 is 14.6 Å². The summed E-state index contributed by atoms with van der Waals surface area (Å²) >= 11 is 5.84. The Morgan fingerprint density at radius 3 is 2.30 bits per heavy atom. The van der Waals surface area contributed by atoms with Crippen LogP contribution in [-0.4, -0.2) is 17.0 Å². The molecule has 0 heterocycles. The third-order valence-corrected chi connectivity index (χ3v) is 4.13. The smallest absolute Gasteiger partial charge is 0.166 e. The quantitative estimate of drug-likeness (QED) is 0.827. The van der Waals surface area contributed by atoms with E-state index < -0.39 is 18.1 Å². The van der Waals surface area contributed by atoms with Crippen molar-refractivity contribution in [1.29, 1.82) is 0 Å². The minimum Gasteiger partial charge on any atom is -0.388 e. The number of Topliss-reactive ketones (excluding diaryl/α,β-unsaturated/α-hetero) is 1. The lowest BCUT2D eigenvalue weighted by Crippen LogP contribution is -2.30. The third kappa shape index (κ3) is 4.90. The van der Waals surface area contributed by atoms with Crippen LogP contribution in [0.2, 0.25) is 5.02 Å². The lowest BCUT2D eigenvalue weighted by Gasteiger charge is -2.22. The van der Waals surface area contributed by atoms with Gasteiger partial charge < -0.3 is 9.84 Å². The molecule has 2 aromatic carbocycles. The van der Waals surface area contributed by atoms with Gasteiger partial charge in [-0.1, -0.05) is 61.0 Å². The lowest BCUT2D eigenvalue weighted by atomic mass is 9.91. The van der Waals surface area contributed by atoms with Gasteiger partial charge in [0.25, 0.3) is 0 Å². The van der Waals surface area contributed by atoms with E-state index in [0.29, 0.717) is 17.2 Å². The molecule has 2 rings (SSSR count). The van der Waals surface area contributed by atoms with Gasteiger partial charge in [0.2, 0.25) is 0 Å². The third-order valence-electron chi connectivity index (χ3n) is 3.88. The number of benzene rings is 2. The summed E-state index contributed by atoms with van der Waals surface area (Å²) in [6, 6.07) is 16.5. The van der Waals surface area contributed by atoms with Crippen molar-refractivity contribution in [1.82, 2.24) is 0 Å². The number of ether oxygens (including phenoxy) is 1. The van der Waals surface area contributed by atoms with E-state index in [2.05, 4.69) is 0 Å². The molecule has 122 valence electrons. The molecule has 0 aliphatic rings. The fraction of sp³-hybridized carbons (Fsp3) is 0.316. The molecule has 23 heavy (non-hydrogen) atoms. The van der Waals surface area contributed by atoms with Crippen molar-refractivity contribution in [2.24, 2.45) is 5.92 Å². The standard InChI is InChI=1S/C19H21ClO3/c1-13(19(22)16-8-10-17(20)11-9-16)18(21)14(2)23-12-15-6-4-3-5-7-15/h3-11,13-14,19,22H,12H2,1-2H3/t13-,14+,19-/m1/s1. The molecule has 0 amide bonds. The molecule has 3 atom stereocenters. The minimum absolute atomic E-state index is 0.122. The number of carbonyl (C=O) groups excluding carboxylic acids is 1. The molecule has 2 aromatic rings. The van der Waals surface area contributed by atoms with Gasteiger partial charge in [-0.05, 0) is 30.2 Å². The highest BCUT2D eigenvalue weighted by Crippen LogP contribution is 2.25. The summed E-state index contributed by atoms with van der Waals surface area (Å²) < 4.78 is 5.63. The Morgan fingerprint density at radius 2 is 1.70 bits per heavy atom. The van der Waals surface area contributed by atoms with E-state index in [9.17, 15) is 9.90 Å². The summed E-state index contributed by atoms with van der Waals surface area (Å²) in [5.41, 5.74) is 1.68. The van der Waals surface area contributed by atoms with E-state index in [1.807, 2.05) is 30.3 Å². The van der Waals surface area contributed by atoms with Gasteiger partial charge >= 0.3 is 0 Å². The molecule has 0 aromatic heterocycles. The van der Waals surface area contributed by atoms with Crippen LogP contribution in [0, 0.1) is 5.92 Å². The zero-order chi connectivity index (χ0) is 16.8. The maximum Gasteiger partial charge on any atom is 0.166 e. The summed E-state index contributed by atoms with van der Waals surface area (Å²) in [5.74, 6) is -0.676. The molecule has 0 radical (unpaired) electrons. The first-order chi connectivity index (χ1) is 11.0. The first-order valence-corrected chi connectivity index (χ1v) is 7.99. The van der Waals surface area contributed by atoms with Crippen LogP contribution in [0.3, 0.4) is 0 Å². The van der Waals surface area contributed by atoms with Crippen molar-refractivity contribution in [2.45, 2.75) is 32.7 Å². The molecule has 0 spiro atoms. The van der Waals surface area contributed by atoms with Crippen LogP contribution >= 0.6 is 11.6 Å². The van der Waals surface area contributed by atoms with Crippen molar-refractivity contribution in [3.8, 4) is 0 Å². The zero-order valence-electron chi connectivity index (χ0n) is 13.3. The van der Waals surface area contributed by atoms with Gasteiger partial charge in [-0.3, -0.25) is 4.79 Å². The number of rotatable bonds is 7. The van der Waals surface area contributed by atoms with Crippen LogP contribution in [0.5, 0.6) is 0 Å². The van der Waals surface area contributed by atoms with Crippen molar-refractivity contribution in [3.05, 3.63) is 70.7 Å². The number of aliphatic hydroxyl groups is 1. The van der Waals surface area contributed by atoms with Gasteiger partial charge in [0, 0.05) is 10.9 Å². The fourth-order valence-corrected chi connectivity index (χ4v) is 2.48. The Morgan fingerprint density at radius 1 is 1.09 bits per heavy atom. The number of carbonyl (C=O) groups is 1. The lowest BCUT2D eigenvalue weighted by molar-refractivity contribution is -0.137. The highest BCUT2D eigenvalue weighted by atomic mass is 35.5. The Balaban J connectivity index is 1.93. The van der Waals surface area contributed by atoms with Crippen LogP contribution in [0.25, 0.3) is 0 Å². The molecule has 0 saturated carbocycles. The van der Waals surface area contributed by atoms with Crippen molar-refractivity contribution >= 4 is 17.4 Å². The Bertz CT molecular complexity index is 625. The van der Waals surface area contributed by atoms with Crippen molar-refractivity contribution in [3.63, 3.8) is 0 Å². The predicted molar refractivity (Wildman–Crippen MR) is 91.3 cm³/mol. The molecule has 1 N–H and O–H groups in total. The molecule has 0 bridgehead atoms. The van der Waals surface area contributed by atoms with Gasteiger partial charge in [0.05, 0.1) is 12.7 Å². The maximum atomic E-state index is 12.4. The van der Waals surface area contributed by atoms with Crippen LogP contribution in [-0.2, 0) is 16.1 Å². The molecule has 0 unspecified atom stereocenters. The Labute approximate surface area is 141 Å². The fourth-order valence-electron chi connectivity index (χ4n) is 2.35. The molecule has 0 aliphatic carbocycles. The zero-order valence-corrected chi connectivity index (χ0v) is 14.0. The summed E-state index contributed by atoms with van der Waals surface area (Å²) in [4.78, 5) is 12.4. The second-order valence-electron chi connectivity index (χ2n) is 5.63. The molecular formula is C19H21ClO3. The molecular weight excluding hydrogens is 312 g/mol. The van der Waals surface area contributed by atoms with Crippen LogP contribution in [0.4, 0.5) is 0 Å². The maximum absolute atomic E-state index is 12.4. The number of halogens is 1. The van der Waals surface area contributed by atoms with Gasteiger partial charge in [-0.15, -0.1) is 0 Å². The van der Waals surface area contributed by atoms with E-state index in [4.69, 9.17) is 16.3 Å². The molecule has 0 aliphatic heterocycles. The Hall–Kier alpha value is -1.68. The van der Waals surface area contributed by atoms with Gasteiger partial charge in [0.15, 0.2) is 5.78 Å². The largest absolute Gasteiger partial charge is 0.388 e. The summed E-state index contributed by atoms with van der Waals surface area (Å²) in [6.07, 6.45) is -1.45. The summed E-state index contributed by atoms with van der Waals surface area (Å²) in [7, 11) is 0. The second kappa shape index (κ2) is 8.25. The van der Waals surface area contributed by atoms with E-state index in [1.165, 1.54) is 0 Å². The first-order valence-electron chi connectivity index (χ1n) is 7.62. The first kappa shape index (κ1) is 17.7. The van der Waals surface area contributed by atoms with Crippen LogP contribution in [0.15, 0.2) is 54.6 Å². The summed E-state index contributed by atoms with van der Waals surface area (Å²) in [5, 5.41) is 11.0. The normalized spacial score (nSPS) is 15.0. The number of hydrogen-bond acceptors (Lipinski definition) is 3. The topological polar surface area (TPSA) is 46.5 Å². The molecule has 0 fully saturated rings. The van der Waals surface area contributed by atoms with Crippen LogP contribution in [0.1, 0.15) is 31.1 Å². The van der Waals surface area contributed by atoms with Gasteiger partial charge in [0.1, 0.15) is 6.10 Å². The van der Waals surface area contributed by atoms with Crippen molar-refractivity contribution in [2.75, 3.05) is 0 Å². The monoisotopic (exact) mass is 332 g/mol. The molecule has 4 heteroatoms.